The molecule has 0 aliphatic carbocycles. The van der Waals surface area contributed by atoms with Crippen molar-refractivity contribution >= 4 is 5.91 Å². The molecule has 0 spiro atoms. The average Bonchev–Trinajstić information content (AvgIpc) is 2.52. The number of carbonyl (C=O) groups excluding carboxylic acids is 1. The molecule has 1 fully saturated rings. The zero-order chi connectivity index (χ0) is 8.97. The topological polar surface area (TPSA) is 46.3 Å². The van der Waals surface area contributed by atoms with Crippen LogP contribution in [-0.2, 0) is 4.79 Å². The third kappa shape index (κ3) is 1.99. The normalized spacial score (nSPS) is 22.3. The number of terminal acetylenes is 1. The summed E-state index contributed by atoms with van der Waals surface area (Å²) in [6, 6.07) is 0. The number of amides is 1. The Bertz CT molecular complexity index is 207. The fourth-order valence-corrected chi connectivity index (χ4v) is 1.45. The van der Waals surface area contributed by atoms with Gasteiger partial charge in [-0.05, 0) is 18.9 Å². The summed E-state index contributed by atoms with van der Waals surface area (Å²) >= 11 is 0. The van der Waals surface area contributed by atoms with Crippen molar-refractivity contribution < 1.29 is 4.79 Å². The van der Waals surface area contributed by atoms with Crippen LogP contribution in [0.25, 0.3) is 0 Å². The van der Waals surface area contributed by atoms with Crippen LogP contribution in [0.5, 0.6) is 0 Å². The predicted molar refractivity (Wildman–Crippen MR) is 47.2 cm³/mol. The molecule has 1 rings (SSSR count). The average molecular weight is 166 g/mol. The Labute approximate surface area is 72.9 Å². The fraction of sp³-hybridized carbons (Fsp3) is 0.667. The molecule has 0 radical (unpaired) electrons. The number of hydrogen-bond donors (Lipinski definition) is 1. The highest BCUT2D eigenvalue weighted by atomic mass is 16.2. The maximum atomic E-state index is 11.2. The lowest BCUT2D eigenvalue weighted by Gasteiger charge is -2.14. The summed E-state index contributed by atoms with van der Waals surface area (Å²) in [4.78, 5) is 13.1. The molecule has 66 valence electrons. The van der Waals surface area contributed by atoms with Crippen molar-refractivity contribution in [3.05, 3.63) is 0 Å². The van der Waals surface area contributed by atoms with Gasteiger partial charge in [0, 0.05) is 13.1 Å². The Balaban J connectivity index is 2.37. The van der Waals surface area contributed by atoms with Crippen molar-refractivity contribution in [1.29, 1.82) is 0 Å². The summed E-state index contributed by atoms with van der Waals surface area (Å²) in [5, 5.41) is 0. The molecule has 3 nitrogen and oxygen atoms in total. The van der Waals surface area contributed by atoms with E-state index >= 15 is 0 Å². The third-order valence-corrected chi connectivity index (χ3v) is 2.23. The van der Waals surface area contributed by atoms with Gasteiger partial charge in [-0.3, -0.25) is 4.79 Å². The molecule has 0 aromatic heterocycles. The van der Waals surface area contributed by atoms with Gasteiger partial charge in [-0.15, -0.1) is 6.42 Å². The van der Waals surface area contributed by atoms with Gasteiger partial charge in [0.1, 0.15) is 0 Å². The molecule has 1 amide bonds. The van der Waals surface area contributed by atoms with Crippen molar-refractivity contribution in [3.8, 4) is 12.3 Å². The van der Waals surface area contributed by atoms with Crippen molar-refractivity contribution in [1.82, 2.24) is 4.90 Å². The second-order valence-electron chi connectivity index (χ2n) is 3.11. The first kappa shape index (κ1) is 9.08. The molecule has 3 heteroatoms. The van der Waals surface area contributed by atoms with E-state index in [0.29, 0.717) is 12.5 Å². The van der Waals surface area contributed by atoms with E-state index in [1.54, 1.807) is 4.90 Å². The van der Waals surface area contributed by atoms with Crippen LogP contribution in [0.15, 0.2) is 0 Å². The second-order valence-corrected chi connectivity index (χ2v) is 3.11. The third-order valence-electron chi connectivity index (χ3n) is 2.23. The number of nitrogens with zero attached hydrogens (tertiary/aromatic N) is 1. The highest BCUT2D eigenvalue weighted by Crippen LogP contribution is 2.15. The van der Waals surface area contributed by atoms with E-state index in [0.717, 1.165) is 19.5 Å². The van der Waals surface area contributed by atoms with Crippen LogP contribution in [0.1, 0.15) is 12.8 Å². The van der Waals surface area contributed by atoms with Crippen molar-refractivity contribution in [2.75, 3.05) is 19.6 Å². The van der Waals surface area contributed by atoms with Crippen LogP contribution in [0.4, 0.5) is 0 Å². The second kappa shape index (κ2) is 4.13. The molecule has 1 heterocycles. The number of rotatable bonds is 2. The Morgan fingerprint density at radius 2 is 2.50 bits per heavy atom. The molecule has 12 heavy (non-hydrogen) atoms. The Morgan fingerprint density at radius 1 is 1.75 bits per heavy atom. The van der Waals surface area contributed by atoms with Crippen LogP contribution in [0.3, 0.4) is 0 Å². The fourth-order valence-electron chi connectivity index (χ4n) is 1.45. The van der Waals surface area contributed by atoms with Crippen LogP contribution < -0.4 is 5.73 Å². The van der Waals surface area contributed by atoms with E-state index in [4.69, 9.17) is 12.2 Å². The Morgan fingerprint density at radius 3 is 3.00 bits per heavy atom. The first-order valence-corrected chi connectivity index (χ1v) is 4.19. The van der Waals surface area contributed by atoms with Gasteiger partial charge >= 0.3 is 0 Å². The highest BCUT2D eigenvalue weighted by molar-refractivity contribution is 5.78. The van der Waals surface area contributed by atoms with Gasteiger partial charge in [0.05, 0.1) is 6.42 Å². The SMILES string of the molecule is C#CCC(=O)N1CCC(CN)C1. The van der Waals surface area contributed by atoms with Crippen LogP contribution in [0.2, 0.25) is 0 Å². The zero-order valence-corrected chi connectivity index (χ0v) is 7.12. The minimum Gasteiger partial charge on any atom is -0.342 e. The molecule has 0 bridgehead atoms. The van der Waals surface area contributed by atoms with E-state index in [9.17, 15) is 4.79 Å². The number of carbonyl (C=O) groups is 1. The Kier molecular flexibility index (Phi) is 3.12. The van der Waals surface area contributed by atoms with Gasteiger partial charge < -0.3 is 10.6 Å². The molecular weight excluding hydrogens is 152 g/mol. The molecular formula is C9H14N2O. The summed E-state index contributed by atoms with van der Waals surface area (Å²) in [7, 11) is 0. The molecule has 1 aliphatic heterocycles. The lowest BCUT2D eigenvalue weighted by atomic mass is 10.1. The molecule has 0 saturated carbocycles. The lowest BCUT2D eigenvalue weighted by Crippen LogP contribution is -2.29. The molecule has 1 aliphatic rings. The summed E-state index contributed by atoms with van der Waals surface area (Å²) in [5.74, 6) is 2.90. The van der Waals surface area contributed by atoms with E-state index in [-0.39, 0.29) is 12.3 Å². The van der Waals surface area contributed by atoms with Crippen LogP contribution >= 0.6 is 0 Å². The summed E-state index contributed by atoms with van der Waals surface area (Å²) in [6.07, 6.45) is 6.28. The van der Waals surface area contributed by atoms with E-state index in [1.165, 1.54) is 0 Å². The quantitative estimate of drug-likeness (QED) is 0.578. The maximum Gasteiger partial charge on any atom is 0.234 e. The van der Waals surface area contributed by atoms with Gasteiger partial charge in [0.2, 0.25) is 5.91 Å². The highest BCUT2D eigenvalue weighted by Gasteiger charge is 2.24. The van der Waals surface area contributed by atoms with Crippen LogP contribution in [-0.4, -0.2) is 30.4 Å². The minimum absolute atomic E-state index is 0.0634. The first-order valence-electron chi connectivity index (χ1n) is 4.19. The largest absolute Gasteiger partial charge is 0.342 e. The standard InChI is InChI=1S/C9H14N2O/c1-2-3-9(12)11-5-4-8(6-10)7-11/h1,8H,3-7,10H2. The number of nitrogens with two attached hydrogens (primary N) is 1. The first-order chi connectivity index (χ1) is 5.77. The molecule has 2 N–H and O–H groups in total. The van der Waals surface area contributed by atoms with Crippen molar-refractivity contribution in [3.63, 3.8) is 0 Å². The maximum absolute atomic E-state index is 11.2. The lowest BCUT2D eigenvalue weighted by molar-refractivity contribution is -0.129. The minimum atomic E-state index is 0.0634. The van der Waals surface area contributed by atoms with Gasteiger partial charge in [0.15, 0.2) is 0 Å². The van der Waals surface area contributed by atoms with E-state index < -0.39 is 0 Å². The van der Waals surface area contributed by atoms with Crippen molar-refractivity contribution in [2.45, 2.75) is 12.8 Å². The molecule has 0 aromatic carbocycles. The smallest absolute Gasteiger partial charge is 0.234 e. The number of hydrogen-bond acceptors (Lipinski definition) is 2. The van der Waals surface area contributed by atoms with Gasteiger partial charge in [0.25, 0.3) is 0 Å². The zero-order valence-electron chi connectivity index (χ0n) is 7.12. The predicted octanol–water partition coefficient (Wildman–Crippen LogP) is -0.183. The van der Waals surface area contributed by atoms with Gasteiger partial charge in [-0.1, -0.05) is 5.92 Å². The summed E-state index contributed by atoms with van der Waals surface area (Å²) in [5.41, 5.74) is 5.49. The molecule has 0 aromatic rings. The summed E-state index contributed by atoms with van der Waals surface area (Å²) < 4.78 is 0. The monoisotopic (exact) mass is 166 g/mol. The molecule has 1 saturated heterocycles. The van der Waals surface area contributed by atoms with Gasteiger partial charge in [-0.25, -0.2) is 0 Å². The van der Waals surface area contributed by atoms with Crippen molar-refractivity contribution in [2.24, 2.45) is 11.7 Å². The Hall–Kier alpha value is -1.01. The van der Waals surface area contributed by atoms with E-state index in [2.05, 4.69) is 5.92 Å². The molecule has 1 unspecified atom stereocenters. The number of likely N-dealkylation sites (tertiary alicyclic amines) is 1. The molecule has 1 atom stereocenters. The van der Waals surface area contributed by atoms with Crippen LogP contribution in [0, 0.1) is 18.3 Å². The van der Waals surface area contributed by atoms with Gasteiger partial charge in [-0.2, -0.15) is 0 Å². The summed E-state index contributed by atoms with van der Waals surface area (Å²) in [6.45, 7) is 2.28. The van der Waals surface area contributed by atoms with E-state index in [1.807, 2.05) is 0 Å².